The molecule has 0 fully saturated rings. The Bertz CT molecular complexity index is 765. The van der Waals surface area contributed by atoms with E-state index in [2.05, 4.69) is 34.6 Å². The summed E-state index contributed by atoms with van der Waals surface area (Å²) in [5.74, 6) is -0.898. The minimum absolute atomic E-state index is 0.0245. The van der Waals surface area contributed by atoms with Gasteiger partial charge in [0.2, 0.25) is 0 Å². The van der Waals surface area contributed by atoms with E-state index in [0.29, 0.717) is 12.2 Å². The second-order valence-electron chi connectivity index (χ2n) is 7.44. The molecule has 150 valence electrons. The van der Waals surface area contributed by atoms with Gasteiger partial charge in [0.25, 0.3) is 0 Å². The Labute approximate surface area is 170 Å². The van der Waals surface area contributed by atoms with Gasteiger partial charge in [-0.25, -0.2) is 0 Å². The Balaban J connectivity index is 2.33. The zero-order chi connectivity index (χ0) is 20.4. The van der Waals surface area contributed by atoms with Crippen molar-refractivity contribution in [2.24, 2.45) is 5.41 Å². The van der Waals surface area contributed by atoms with Crippen LogP contribution in [-0.2, 0) is 36.2 Å². The molecule has 1 unspecified atom stereocenters. The summed E-state index contributed by atoms with van der Waals surface area (Å²) in [7, 11) is 1.29. The summed E-state index contributed by atoms with van der Waals surface area (Å²) in [4.78, 5) is 25.1. The predicted octanol–water partition coefficient (Wildman–Crippen LogP) is 4.47. The predicted molar refractivity (Wildman–Crippen MR) is 103 cm³/mol. The number of esters is 1. The molecule has 0 aromatic rings. The molecule has 2 aliphatic carbocycles. The first-order valence-electron chi connectivity index (χ1n) is 9.32. The van der Waals surface area contributed by atoms with E-state index in [0.717, 1.165) is 17.0 Å². The van der Waals surface area contributed by atoms with Crippen LogP contribution in [-0.4, -0.2) is 31.6 Å². The average Bonchev–Trinajstić information content (AvgIpc) is 3.16. The van der Waals surface area contributed by atoms with Crippen molar-refractivity contribution in [3.63, 3.8) is 0 Å². The first kappa shape index (κ1) is 22.0. The van der Waals surface area contributed by atoms with Crippen LogP contribution in [0, 0.1) is 5.41 Å². The number of ketones is 1. The van der Waals surface area contributed by atoms with Gasteiger partial charge in [-0.05, 0) is 0 Å². The van der Waals surface area contributed by atoms with Gasteiger partial charge in [-0.2, -0.15) is 0 Å². The Kier molecular flexibility index (Phi) is 7.16. The van der Waals surface area contributed by atoms with Crippen molar-refractivity contribution in [2.45, 2.75) is 60.5 Å². The molecule has 0 saturated heterocycles. The monoisotopic (exact) mass is 460 g/mol. The van der Waals surface area contributed by atoms with Gasteiger partial charge in [-0.1, -0.05) is 0 Å². The molecule has 4 nitrogen and oxygen atoms in total. The molecule has 5 heteroatoms. The van der Waals surface area contributed by atoms with Gasteiger partial charge in [0.1, 0.15) is 0 Å². The van der Waals surface area contributed by atoms with Gasteiger partial charge in [-0.15, -0.1) is 0 Å². The van der Waals surface area contributed by atoms with Crippen LogP contribution in [0.1, 0.15) is 54.4 Å². The third-order valence-corrected chi connectivity index (χ3v) is 8.90. The van der Waals surface area contributed by atoms with Crippen LogP contribution in [0.25, 0.3) is 0 Å². The number of carbonyl (C=O) groups excluding carboxylic acids is 2. The molecule has 0 bridgehead atoms. The van der Waals surface area contributed by atoms with Crippen LogP contribution in [0.5, 0.6) is 0 Å². The Morgan fingerprint density at radius 3 is 2.41 bits per heavy atom. The molecule has 2 rings (SSSR count). The number of Topliss-reactive ketones (excluding diaryl/α,β-unsaturated/α-hetero) is 1. The van der Waals surface area contributed by atoms with E-state index in [-0.39, 0.29) is 28.3 Å². The summed E-state index contributed by atoms with van der Waals surface area (Å²) in [6, 6.07) is 0. The number of methoxy groups -OCH3 is 1. The Morgan fingerprint density at radius 1 is 1.22 bits per heavy atom. The van der Waals surface area contributed by atoms with Crippen LogP contribution in [0.4, 0.5) is 0 Å². The normalized spacial score (nSPS) is 20.1. The number of hydrogen-bond donors (Lipinski definition) is 0. The van der Waals surface area contributed by atoms with E-state index in [4.69, 9.17) is 9.47 Å². The van der Waals surface area contributed by atoms with Crippen LogP contribution < -0.4 is 0 Å². The van der Waals surface area contributed by atoms with E-state index in [9.17, 15) is 9.59 Å². The average molecular weight is 460 g/mol. The molecule has 0 heterocycles. The molecule has 0 radical (unpaired) electrons. The first-order chi connectivity index (χ1) is 12.7. The molecular weight excluding hydrogens is 429 g/mol. The van der Waals surface area contributed by atoms with Crippen LogP contribution >= 0.6 is 0 Å². The molecule has 0 saturated carbocycles. The van der Waals surface area contributed by atoms with Crippen LogP contribution in [0.3, 0.4) is 0 Å². The fraction of sp³-hybridized carbons (Fsp3) is 0.545. The van der Waals surface area contributed by atoms with Crippen molar-refractivity contribution in [1.29, 1.82) is 0 Å². The number of ether oxygens (including phenoxy) is 2. The van der Waals surface area contributed by atoms with E-state index in [1.807, 2.05) is 19.1 Å². The summed E-state index contributed by atoms with van der Waals surface area (Å²) in [5, 5.41) is 0. The van der Waals surface area contributed by atoms with Crippen molar-refractivity contribution in [3.05, 3.63) is 42.8 Å². The second-order valence-corrected chi connectivity index (χ2v) is 9.79. The van der Waals surface area contributed by atoms with Gasteiger partial charge >= 0.3 is 170 Å². The molecule has 0 aromatic carbocycles. The van der Waals surface area contributed by atoms with Crippen molar-refractivity contribution in [2.75, 3.05) is 13.7 Å². The third-order valence-electron chi connectivity index (χ3n) is 5.38. The summed E-state index contributed by atoms with van der Waals surface area (Å²) in [6.45, 7) is 13.4. The fourth-order valence-electron chi connectivity index (χ4n) is 3.33. The van der Waals surface area contributed by atoms with Gasteiger partial charge in [0.05, 0.1) is 0 Å². The first-order valence-corrected chi connectivity index (χ1v) is 11.1. The van der Waals surface area contributed by atoms with E-state index < -0.39 is 12.1 Å². The molecule has 0 amide bonds. The fourth-order valence-corrected chi connectivity index (χ4v) is 6.35. The summed E-state index contributed by atoms with van der Waals surface area (Å²) in [6.07, 6.45) is 4.19. The topological polar surface area (TPSA) is 52.6 Å². The SMILES string of the molecule is CCCOC(C(=O)OC)C(=O)C1=[C]([Ru][C]2=C(C)C(C)=C(C)C2(C)C)CC=C1. The summed E-state index contributed by atoms with van der Waals surface area (Å²) in [5.41, 5.74) is 4.79. The number of allylic oxidation sites excluding steroid dienone is 7. The quantitative estimate of drug-likeness (QED) is 0.305. The maximum atomic E-state index is 13.1. The van der Waals surface area contributed by atoms with Crippen LogP contribution in [0.2, 0.25) is 0 Å². The van der Waals surface area contributed by atoms with Crippen molar-refractivity contribution in [3.8, 4) is 0 Å². The van der Waals surface area contributed by atoms with Crippen molar-refractivity contribution in [1.82, 2.24) is 0 Å². The van der Waals surface area contributed by atoms with E-state index in [1.54, 1.807) is 0 Å². The van der Waals surface area contributed by atoms with Gasteiger partial charge in [-0.3, -0.25) is 0 Å². The zero-order valence-electron chi connectivity index (χ0n) is 17.3. The number of rotatable bonds is 8. The standard InChI is InChI=1S/C12H15O4.C10H15.Ru/c1-3-8-16-11(12(14)15-2)10(13)9-6-4-5-7-9;1-7-6-10(4,5)9(3)8(7)2;/h4,6,11H,3,5,8H2,1-2H3;1-5H3;. The van der Waals surface area contributed by atoms with E-state index >= 15 is 0 Å². The molecular formula is C22H30O4Ru. The summed E-state index contributed by atoms with van der Waals surface area (Å²) < 4.78 is 12.9. The van der Waals surface area contributed by atoms with Gasteiger partial charge < -0.3 is 0 Å². The molecule has 0 aliphatic heterocycles. The molecule has 2 aliphatic rings. The van der Waals surface area contributed by atoms with Crippen molar-refractivity contribution >= 4 is 11.8 Å². The molecule has 0 aromatic heterocycles. The minimum atomic E-state index is -1.17. The molecule has 1 atom stereocenters. The summed E-state index contributed by atoms with van der Waals surface area (Å²) >= 11 is -0.256. The second kappa shape index (κ2) is 8.79. The zero-order valence-corrected chi connectivity index (χ0v) is 19.1. The molecule has 0 spiro atoms. The third kappa shape index (κ3) is 4.25. The van der Waals surface area contributed by atoms with Gasteiger partial charge in [0.15, 0.2) is 0 Å². The van der Waals surface area contributed by atoms with Crippen LogP contribution in [0.15, 0.2) is 42.8 Å². The molecule has 0 N–H and O–H groups in total. The number of hydrogen-bond acceptors (Lipinski definition) is 4. The molecule has 27 heavy (non-hydrogen) atoms. The Morgan fingerprint density at radius 2 is 1.89 bits per heavy atom. The van der Waals surface area contributed by atoms with E-state index in [1.165, 1.54) is 28.0 Å². The maximum absolute atomic E-state index is 13.1. The van der Waals surface area contributed by atoms with Gasteiger partial charge in [0, 0.05) is 0 Å². The number of carbonyl (C=O) groups is 2. The van der Waals surface area contributed by atoms with Crippen molar-refractivity contribution < 1.29 is 36.2 Å². The Hall–Kier alpha value is -1.32.